The predicted octanol–water partition coefficient (Wildman–Crippen LogP) is 2.96. The largest absolute Gasteiger partial charge is 0.178 e. The molecule has 0 atom stereocenters. The number of unbranched alkanes of at least 4 members (excludes halogenated alkanes) is 1. The summed E-state index contributed by atoms with van der Waals surface area (Å²) in [5, 5.41) is 0. The van der Waals surface area contributed by atoms with E-state index < -0.39 is 0 Å². The molecule has 0 saturated carbocycles. The third-order valence-corrected chi connectivity index (χ3v) is 1.26. The molecule has 0 aromatic rings. The molecule has 0 unspecified atom stereocenters. The Morgan fingerprint density at radius 1 is 1.25 bits per heavy atom. The highest BCUT2D eigenvalue weighted by Crippen LogP contribution is 1.76. The van der Waals surface area contributed by atoms with Crippen molar-refractivity contribution in [1.29, 1.82) is 0 Å². The van der Waals surface area contributed by atoms with Crippen LogP contribution in [0.15, 0.2) is 0 Å². The molecule has 0 rings (SSSR count). The molecular weight excluding hydrogens is 140 g/mol. The summed E-state index contributed by atoms with van der Waals surface area (Å²) >= 11 is 8.90. The van der Waals surface area contributed by atoms with Gasteiger partial charge >= 0.3 is 0 Å². The number of hydrogen-bond acceptors (Lipinski definition) is 1. The quantitative estimate of drug-likeness (QED) is 0.459. The van der Waals surface area contributed by atoms with Gasteiger partial charge in [-0.25, -0.2) is 0 Å². The second kappa shape index (κ2) is 15.6. The summed E-state index contributed by atoms with van der Waals surface area (Å²) in [6, 6.07) is 0. The van der Waals surface area contributed by atoms with E-state index in [0.29, 0.717) is 5.88 Å². The molecule has 0 aliphatic carbocycles. The van der Waals surface area contributed by atoms with Crippen molar-refractivity contribution >= 4 is 24.2 Å². The van der Waals surface area contributed by atoms with Crippen LogP contribution < -0.4 is 0 Å². The molecule has 0 radical (unpaired) electrons. The lowest BCUT2D eigenvalue weighted by Crippen LogP contribution is -1.64. The fourth-order valence-corrected chi connectivity index (χ4v) is 0. The summed E-state index contributed by atoms with van der Waals surface area (Å²) in [4.78, 5) is 0. The van der Waals surface area contributed by atoms with Gasteiger partial charge in [0, 0.05) is 11.6 Å². The highest BCUT2D eigenvalue weighted by Gasteiger charge is 1.59. The SMILES string of the molecule is CCCC.SCCCl. The molecule has 0 aromatic heterocycles. The van der Waals surface area contributed by atoms with Gasteiger partial charge in [0.2, 0.25) is 0 Å². The monoisotopic (exact) mass is 154 g/mol. The van der Waals surface area contributed by atoms with Crippen LogP contribution in [0.25, 0.3) is 0 Å². The zero-order valence-electron chi connectivity index (χ0n) is 5.65. The maximum Gasteiger partial charge on any atom is 0.0311 e. The third kappa shape index (κ3) is 30.3. The molecule has 0 fully saturated rings. The average molecular weight is 155 g/mol. The Kier molecular flexibility index (Phi) is 22.4. The first-order chi connectivity index (χ1) is 3.83. The Morgan fingerprint density at radius 3 is 1.50 bits per heavy atom. The van der Waals surface area contributed by atoms with Gasteiger partial charge in [-0.15, -0.1) is 11.6 Å². The van der Waals surface area contributed by atoms with Crippen LogP contribution in [0.3, 0.4) is 0 Å². The molecule has 52 valence electrons. The molecule has 2 heteroatoms. The van der Waals surface area contributed by atoms with E-state index in [-0.39, 0.29) is 0 Å². The van der Waals surface area contributed by atoms with E-state index in [1.807, 2.05) is 0 Å². The van der Waals surface area contributed by atoms with Gasteiger partial charge in [0.05, 0.1) is 0 Å². The third-order valence-electron chi connectivity index (χ3n) is 0.585. The zero-order valence-corrected chi connectivity index (χ0v) is 7.30. The Balaban J connectivity index is 0. The summed E-state index contributed by atoms with van der Waals surface area (Å²) in [6.07, 6.45) is 2.64. The average Bonchev–Trinajstić information content (AvgIpc) is 1.88. The molecule has 0 aromatic carbocycles. The lowest BCUT2D eigenvalue weighted by molar-refractivity contribution is 0.886. The second-order valence-corrected chi connectivity index (χ2v) is 2.24. The Morgan fingerprint density at radius 2 is 1.50 bits per heavy atom. The van der Waals surface area contributed by atoms with Crippen LogP contribution in [0.1, 0.15) is 26.7 Å². The van der Waals surface area contributed by atoms with Gasteiger partial charge in [-0.2, -0.15) is 12.6 Å². The van der Waals surface area contributed by atoms with Crippen molar-refractivity contribution in [3.8, 4) is 0 Å². The number of halogens is 1. The van der Waals surface area contributed by atoms with Crippen LogP contribution >= 0.6 is 24.2 Å². The lowest BCUT2D eigenvalue weighted by atomic mass is 10.4. The van der Waals surface area contributed by atoms with E-state index in [0.717, 1.165) is 5.75 Å². The highest BCUT2D eigenvalue weighted by molar-refractivity contribution is 7.80. The molecule has 0 spiro atoms. The number of rotatable bonds is 2. The van der Waals surface area contributed by atoms with Gasteiger partial charge < -0.3 is 0 Å². The van der Waals surface area contributed by atoms with Crippen LogP contribution in [0.2, 0.25) is 0 Å². The van der Waals surface area contributed by atoms with Crippen molar-refractivity contribution in [2.24, 2.45) is 0 Å². The smallest absolute Gasteiger partial charge is 0.0311 e. The Hall–Kier alpha value is 0.640. The molecule has 0 aliphatic heterocycles. The van der Waals surface area contributed by atoms with Crippen LogP contribution in [-0.4, -0.2) is 11.6 Å². The first-order valence-electron chi connectivity index (χ1n) is 3.00. The molecule has 0 N–H and O–H groups in total. The van der Waals surface area contributed by atoms with Gasteiger partial charge in [0.1, 0.15) is 0 Å². The fraction of sp³-hybridized carbons (Fsp3) is 1.00. The minimum atomic E-state index is 0.656. The molecule has 0 amide bonds. The van der Waals surface area contributed by atoms with Crippen LogP contribution in [-0.2, 0) is 0 Å². The topological polar surface area (TPSA) is 0 Å². The predicted molar refractivity (Wildman–Crippen MR) is 45.2 cm³/mol. The van der Waals surface area contributed by atoms with Crippen molar-refractivity contribution in [1.82, 2.24) is 0 Å². The van der Waals surface area contributed by atoms with Gasteiger partial charge in [-0.05, 0) is 0 Å². The number of hydrogen-bond donors (Lipinski definition) is 1. The number of thiol groups is 1. The van der Waals surface area contributed by atoms with Crippen molar-refractivity contribution in [2.75, 3.05) is 11.6 Å². The van der Waals surface area contributed by atoms with E-state index in [1.165, 1.54) is 12.8 Å². The fourth-order valence-electron chi connectivity index (χ4n) is 0. The van der Waals surface area contributed by atoms with E-state index in [1.54, 1.807) is 0 Å². The molecular formula is C6H15ClS. The Labute approximate surface area is 63.0 Å². The summed E-state index contributed by atoms with van der Waals surface area (Å²) in [6.45, 7) is 4.36. The van der Waals surface area contributed by atoms with E-state index in [2.05, 4.69) is 26.5 Å². The van der Waals surface area contributed by atoms with E-state index >= 15 is 0 Å². The van der Waals surface area contributed by atoms with Gasteiger partial charge in [0.15, 0.2) is 0 Å². The van der Waals surface area contributed by atoms with Crippen molar-refractivity contribution in [3.05, 3.63) is 0 Å². The second-order valence-electron chi connectivity index (χ2n) is 1.41. The van der Waals surface area contributed by atoms with Crippen molar-refractivity contribution in [2.45, 2.75) is 26.7 Å². The van der Waals surface area contributed by atoms with E-state index in [9.17, 15) is 0 Å². The van der Waals surface area contributed by atoms with Crippen LogP contribution in [0.5, 0.6) is 0 Å². The molecule has 0 heterocycles. The minimum Gasteiger partial charge on any atom is -0.178 e. The summed E-state index contributed by atoms with van der Waals surface area (Å²) < 4.78 is 0. The maximum atomic E-state index is 5.11. The molecule has 0 nitrogen and oxygen atoms in total. The van der Waals surface area contributed by atoms with Crippen LogP contribution in [0.4, 0.5) is 0 Å². The first kappa shape index (κ1) is 11.4. The van der Waals surface area contributed by atoms with Gasteiger partial charge in [-0.3, -0.25) is 0 Å². The summed E-state index contributed by atoms with van der Waals surface area (Å²) in [5.74, 6) is 1.44. The summed E-state index contributed by atoms with van der Waals surface area (Å²) in [7, 11) is 0. The molecule has 0 aliphatic rings. The van der Waals surface area contributed by atoms with Gasteiger partial charge in [-0.1, -0.05) is 26.7 Å². The highest BCUT2D eigenvalue weighted by atomic mass is 35.5. The normalized spacial score (nSPS) is 7.50. The van der Waals surface area contributed by atoms with Gasteiger partial charge in [0.25, 0.3) is 0 Å². The lowest BCUT2D eigenvalue weighted by Gasteiger charge is -1.68. The number of alkyl halides is 1. The molecule has 0 bridgehead atoms. The zero-order chi connectivity index (χ0) is 6.83. The van der Waals surface area contributed by atoms with Crippen molar-refractivity contribution < 1.29 is 0 Å². The first-order valence-corrected chi connectivity index (χ1v) is 4.16. The summed E-state index contributed by atoms with van der Waals surface area (Å²) in [5.41, 5.74) is 0. The minimum absolute atomic E-state index is 0.656. The Bertz CT molecular complexity index is 16.5. The maximum absolute atomic E-state index is 5.11. The molecule has 8 heavy (non-hydrogen) atoms. The molecule has 0 saturated heterocycles. The standard InChI is InChI=1S/C4H10.C2H5ClS/c1-3-4-2;3-1-2-4/h3-4H2,1-2H3;4H,1-2H2. The van der Waals surface area contributed by atoms with E-state index in [4.69, 9.17) is 11.6 Å². The van der Waals surface area contributed by atoms with Crippen LogP contribution in [0, 0.1) is 0 Å². The van der Waals surface area contributed by atoms with Crippen molar-refractivity contribution in [3.63, 3.8) is 0 Å².